The Balaban J connectivity index is 2.49. The van der Waals surface area contributed by atoms with E-state index in [2.05, 4.69) is 18.7 Å². The normalized spacial score (nSPS) is 23.6. The summed E-state index contributed by atoms with van der Waals surface area (Å²) < 4.78 is 0. The van der Waals surface area contributed by atoms with Crippen molar-refractivity contribution in [2.24, 2.45) is 5.92 Å². The summed E-state index contributed by atoms with van der Waals surface area (Å²) in [5.41, 5.74) is 0. The molecule has 0 aromatic heterocycles. The zero-order chi connectivity index (χ0) is 13.4. The Morgan fingerprint density at radius 3 is 2.67 bits per heavy atom. The van der Waals surface area contributed by atoms with Gasteiger partial charge in [0.25, 0.3) is 0 Å². The standard InChI is InChI=1S/C15H29NO2/c1-3-5-9-14(15(17)18)16-11-6-8-13(7-4-2)10-12-16/h13-14H,3-12H2,1-2H3,(H,17,18). The van der Waals surface area contributed by atoms with E-state index in [0.29, 0.717) is 0 Å². The number of hydrogen-bond acceptors (Lipinski definition) is 2. The minimum atomic E-state index is -0.627. The molecule has 0 amide bonds. The van der Waals surface area contributed by atoms with Gasteiger partial charge in [-0.05, 0) is 44.7 Å². The molecule has 0 bridgehead atoms. The second-order valence-corrected chi connectivity index (χ2v) is 5.62. The van der Waals surface area contributed by atoms with Crippen molar-refractivity contribution >= 4 is 5.97 Å². The van der Waals surface area contributed by atoms with Crippen molar-refractivity contribution in [3.05, 3.63) is 0 Å². The van der Waals surface area contributed by atoms with Crippen LogP contribution in [0.25, 0.3) is 0 Å². The number of aliphatic carboxylic acids is 1. The summed E-state index contributed by atoms with van der Waals surface area (Å²) >= 11 is 0. The highest BCUT2D eigenvalue weighted by atomic mass is 16.4. The third-order valence-electron chi connectivity index (χ3n) is 4.14. The first-order chi connectivity index (χ1) is 8.69. The highest BCUT2D eigenvalue weighted by Crippen LogP contribution is 2.24. The Hall–Kier alpha value is -0.570. The zero-order valence-corrected chi connectivity index (χ0v) is 12.0. The van der Waals surface area contributed by atoms with Crippen LogP contribution in [0.5, 0.6) is 0 Å². The third-order valence-corrected chi connectivity index (χ3v) is 4.14. The van der Waals surface area contributed by atoms with E-state index in [-0.39, 0.29) is 6.04 Å². The van der Waals surface area contributed by atoms with Gasteiger partial charge in [-0.3, -0.25) is 9.69 Å². The van der Waals surface area contributed by atoms with Gasteiger partial charge in [-0.1, -0.05) is 39.5 Å². The van der Waals surface area contributed by atoms with Gasteiger partial charge in [0.2, 0.25) is 0 Å². The molecule has 1 fully saturated rings. The SMILES string of the molecule is CCCCC(C(=O)O)N1CCCC(CCC)CC1. The Kier molecular flexibility index (Phi) is 7.33. The molecule has 1 N–H and O–H groups in total. The molecule has 2 unspecified atom stereocenters. The second-order valence-electron chi connectivity index (χ2n) is 5.62. The number of carbonyl (C=O) groups is 1. The van der Waals surface area contributed by atoms with Crippen molar-refractivity contribution in [3.63, 3.8) is 0 Å². The van der Waals surface area contributed by atoms with E-state index < -0.39 is 5.97 Å². The molecule has 1 aliphatic heterocycles. The lowest BCUT2D eigenvalue weighted by atomic mass is 9.96. The van der Waals surface area contributed by atoms with Crippen LogP contribution >= 0.6 is 0 Å². The highest BCUT2D eigenvalue weighted by Gasteiger charge is 2.27. The Bertz CT molecular complexity index is 243. The summed E-state index contributed by atoms with van der Waals surface area (Å²) in [6.45, 7) is 6.31. The van der Waals surface area contributed by atoms with Crippen LogP contribution in [-0.2, 0) is 4.79 Å². The van der Waals surface area contributed by atoms with Gasteiger partial charge in [-0.25, -0.2) is 0 Å². The first kappa shape index (κ1) is 15.5. The smallest absolute Gasteiger partial charge is 0.320 e. The van der Waals surface area contributed by atoms with Crippen molar-refractivity contribution in [2.45, 2.75) is 71.3 Å². The largest absolute Gasteiger partial charge is 0.480 e. The molecule has 0 radical (unpaired) electrons. The average molecular weight is 255 g/mol. The summed E-state index contributed by atoms with van der Waals surface area (Å²) in [6.07, 6.45) is 9.10. The predicted octanol–water partition coefficient (Wildman–Crippen LogP) is 3.53. The van der Waals surface area contributed by atoms with E-state index in [4.69, 9.17) is 0 Å². The maximum Gasteiger partial charge on any atom is 0.320 e. The molecule has 1 saturated heterocycles. The minimum Gasteiger partial charge on any atom is -0.480 e. The number of hydrogen-bond donors (Lipinski definition) is 1. The van der Waals surface area contributed by atoms with Crippen molar-refractivity contribution in [1.29, 1.82) is 0 Å². The molecule has 3 nitrogen and oxygen atoms in total. The van der Waals surface area contributed by atoms with Crippen LogP contribution in [0.3, 0.4) is 0 Å². The quantitative estimate of drug-likeness (QED) is 0.756. The molecule has 18 heavy (non-hydrogen) atoms. The molecular weight excluding hydrogens is 226 g/mol. The van der Waals surface area contributed by atoms with Gasteiger partial charge in [-0.2, -0.15) is 0 Å². The summed E-state index contributed by atoms with van der Waals surface area (Å²) in [4.78, 5) is 13.6. The number of likely N-dealkylation sites (tertiary alicyclic amines) is 1. The molecule has 0 aliphatic carbocycles. The van der Waals surface area contributed by atoms with E-state index in [9.17, 15) is 9.90 Å². The van der Waals surface area contributed by atoms with Crippen LogP contribution < -0.4 is 0 Å². The molecule has 1 rings (SSSR count). The van der Waals surface area contributed by atoms with Crippen LogP contribution in [0.2, 0.25) is 0 Å². The van der Waals surface area contributed by atoms with Crippen molar-refractivity contribution in [1.82, 2.24) is 4.90 Å². The number of nitrogens with zero attached hydrogens (tertiary/aromatic N) is 1. The van der Waals surface area contributed by atoms with Gasteiger partial charge in [-0.15, -0.1) is 0 Å². The van der Waals surface area contributed by atoms with Crippen molar-refractivity contribution in [2.75, 3.05) is 13.1 Å². The van der Waals surface area contributed by atoms with Crippen LogP contribution in [0.15, 0.2) is 0 Å². The summed E-state index contributed by atoms with van der Waals surface area (Å²) in [6, 6.07) is -0.245. The minimum absolute atomic E-state index is 0.245. The van der Waals surface area contributed by atoms with Gasteiger partial charge < -0.3 is 5.11 Å². The van der Waals surface area contributed by atoms with Crippen molar-refractivity contribution in [3.8, 4) is 0 Å². The molecule has 0 saturated carbocycles. The first-order valence-corrected chi connectivity index (χ1v) is 7.65. The fourth-order valence-electron chi connectivity index (χ4n) is 3.06. The molecular formula is C15H29NO2. The second kappa shape index (κ2) is 8.52. The zero-order valence-electron chi connectivity index (χ0n) is 12.0. The molecule has 0 aromatic rings. The molecule has 3 heteroatoms. The number of carboxylic acids is 1. The third kappa shape index (κ3) is 4.97. The Morgan fingerprint density at radius 1 is 1.28 bits per heavy atom. The predicted molar refractivity (Wildman–Crippen MR) is 74.8 cm³/mol. The van der Waals surface area contributed by atoms with E-state index in [1.165, 1.54) is 32.1 Å². The summed E-state index contributed by atoms with van der Waals surface area (Å²) in [5, 5.41) is 9.37. The number of rotatable bonds is 7. The van der Waals surface area contributed by atoms with Crippen LogP contribution in [0.4, 0.5) is 0 Å². The molecule has 1 heterocycles. The lowest BCUT2D eigenvalue weighted by molar-refractivity contribution is -0.143. The van der Waals surface area contributed by atoms with Gasteiger partial charge in [0, 0.05) is 0 Å². The molecule has 1 aliphatic rings. The molecule has 0 aromatic carbocycles. The average Bonchev–Trinajstić information content (AvgIpc) is 2.56. The summed E-state index contributed by atoms with van der Waals surface area (Å²) in [7, 11) is 0. The summed E-state index contributed by atoms with van der Waals surface area (Å²) in [5.74, 6) is 0.193. The van der Waals surface area contributed by atoms with Crippen LogP contribution in [-0.4, -0.2) is 35.1 Å². The first-order valence-electron chi connectivity index (χ1n) is 7.65. The van der Waals surface area contributed by atoms with Crippen molar-refractivity contribution < 1.29 is 9.90 Å². The van der Waals surface area contributed by atoms with Crippen LogP contribution in [0, 0.1) is 5.92 Å². The van der Waals surface area contributed by atoms with E-state index >= 15 is 0 Å². The fourth-order valence-corrected chi connectivity index (χ4v) is 3.06. The molecule has 106 valence electrons. The number of carboxylic acid groups (broad SMARTS) is 1. The van der Waals surface area contributed by atoms with Gasteiger partial charge >= 0.3 is 5.97 Å². The van der Waals surface area contributed by atoms with Gasteiger partial charge in [0.15, 0.2) is 0 Å². The topological polar surface area (TPSA) is 40.5 Å². The molecule has 0 spiro atoms. The highest BCUT2D eigenvalue weighted by molar-refractivity contribution is 5.73. The van der Waals surface area contributed by atoms with E-state index in [1.54, 1.807) is 0 Å². The lowest BCUT2D eigenvalue weighted by Crippen LogP contribution is -2.41. The van der Waals surface area contributed by atoms with Crippen LogP contribution in [0.1, 0.15) is 65.2 Å². The van der Waals surface area contributed by atoms with E-state index in [0.717, 1.165) is 38.3 Å². The maximum atomic E-state index is 11.4. The van der Waals surface area contributed by atoms with E-state index in [1.807, 2.05) is 0 Å². The maximum absolute atomic E-state index is 11.4. The Labute approximate surface area is 112 Å². The Morgan fingerprint density at radius 2 is 2.06 bits per heavy atom. The number of unbranched alkanes of at least 4 members (excludes halogenated alkanes) is 1. The lowest BCUT2D eigenvalue weighted by Gasteiger charge is -2.27. The molecule has 2 atom stereocenters. The fraction of sp³-hybridized carbons (Fsp3) is 0.933. The monoisotopic (exact) mass is 255 g/mol. The van der Waals surface area contributed by atoms with Gasteiger partial charge in [0.05, 0.1) is 0 Å². The van der Waals surface area contributed by atoms with Gasteiger partial charge in [0.1, 0.15) is 6.04 Å².